The number of nitrogens with two attached hydrogens (primary N) is 2. The number of hydrogen-bond donors (Lipinski definition) is 4. The van der Waals surface area contributed by atoms with Crippen molar-refractivity contribution in [2.24, 2.45) is 11.5 Å². The molecule has 8 nitrogen and oxygen atoms in total. The number of rotatable bonds is 9. The summed E-state index contributed by atoms with van der Waals surface area (Å²) in [5.74, 6) is -1.47. The van der Waals surface area contributed by atoms with E-state index in [-0.39, 0.29) is 23.3 Å². The van der Waals surface area contributed by atoms with E-state index in [9.17, 15) is 19.2 Å². The zero-order valence-electron chi connectivity index (χ0n) is 11.2. The summed E-state index contributed by atoms with van der Waals surface area (Å²) in [7, 11) is 2.49. The molecule has 10 heteroatoms. The Morgan fingerprint density at radius 2 is 1.15 bits per heavy atom. The Labute approximate surface area is 124 Å². The fourth-order valence-corrected chi connectivity index (χ4v) is 3.47. The van der Waals surface area contributed by atoms with E-state index >= 15 is 0 Å². The van der Waals surface area contributed by atoms with Gasteiger partial charge in [0.1, 0.15) is 12.1 Å². The van der Waals surface area contributed by atoms with E-state index < -0.39 is 23.9 Å². The molecule has 0 aromatic rings. The zero-order valence-corrected chi connectivity index (χ0v) is 12.8. The molecular weight excluding hydrogens is 304 g/mol. The number of primary amides is 2. The fourth-order valence-electron chi connectivity index (χ4n) is 1.11. The van der Waals surface area contributed by atoms with Gasteiger partial charge < -0.3 is 22.1 Å². The van der Waals surface area contributed by atoms with Crippen molar-refractivity contribution in [2.75, 3.05) is 11.5 Å². The van der Waals surface area contributed by atoms with Gasteiger partial charge in [-0.1, -0.05) is 21.6 Å². The Kier molecular flexibility index (Phi) is 8.81. The molecule has 0 aliphatic rings. The number of carbonyl (C=O) groups is 4. The number of hydrogen-bond acceptors (Lipinski definition) is 6. The third-order valence-electron chi connectivity index (χ3n) is 1.99. The van der Waals surface area contributed by atoms with Gasteiger partial charge in [0.2, 0.25) is 23.6 Å². The summed E-state index contributed by atoms with van der Waals surface area (Å²) in [6.45, 7) is 2.57. The maximum atomic E-state index is 11.1. The molecular formula is C10H18N4O4S2. The van der Waals surface area contributed by atoms with E-state index in [2.05, 4.69) is 10.6 Å². The number of carbonyl (C=O) groups excluding carboxylic acids is 4. The van der Waals surface area contributed by atoms with E-state index in [4.69, 9.17) is 11.5 Å². The first kappa shape index (κ1) is 18.6. The van der Waals surface area contributed by atoms with E-state index in [1.165, 1.54) is 35.4 Å². The lowest BCUT2D eigenvalue weighted by molar-refractivity contribution is -0.125. The lowest BCUT2D eigenvalue weighted by atomic mass is 10.3. The van der Waals surface area contributed by atoms with Crippen LogP contribution in [-0.4, -0.2) is 47.2 Å². The lowest BCUT2D eigenvalue weighted by Crippen LogP contribution is -2.46. The molecule has 0 heterocycles. The van der Waals surface area contributed by atoms with E-state index in [1.54, 1.807) is 0 Å². The smallest absolute Gasteiger partial charge is 0.240 e. The Balaban J connectivity index is 4.13. The van der Waals surface area contributed by atoms with Crippen molar-refractivity contribution in [2.45, 2.75) is 25.9 Å². The molecule has 2 atom stereocenters. The van der Waals surface area contributed by atoms with Crippen LogP contribution in [0.25, 0.3) is 0 Å². The molecule has 0 rings (SSSR count). The number of nitrogens with one attached hydrogen (secondary N) is 2. The second-order valence-electron chi connectivity index (χ2n) is 3.88. The molecule has 0 aromatic heterocycles. The Bertz CT molecular complexity index is 355. The number of amides is 4. The first-order valence-electron chi connectivity index (χ1n) is 5.61. The molecule has 6 N–H and O–H groups in total. The summed E-state index contributed by atoms with van der Waals surface area (Å²) >= 11 is 0. The van der Waals surface area contributed by atoms with Gasteiger partial charge in [-0.25, -0.2) is 0 Å². The molecule has 0 aliphatic carbocycles. The molecule has 0 fully saturated rings. The Morgan fingerprint density at radius 3 is 1.35 bits per heavy atom. The van der Waals surface area contributed by atoms with Gasteiger partial charge in [-0.2, -0.15) is 0 Å². The normalized spacial score (nSPS) is 13.1. The summed E-state index contributed by atoms with van der Waals surface area (Å²) < 4.78 is 0. The molecule has 0 aromatic carbocycles. The highest BCUT2D eigenvalue weighted by atomic mass is 33.1. The van der Waals surface area contributed by atoms with Crippen molar-refractivity contribution in [1.82, 2.24) is 10.6 Å². The van der Waals surface area contributed by atoms with Gasteiger partial charge in [-0.3, -0.25) is 19.2 Å². The third-order valence-corrected chi connectivity index (χ3v) is 4.42. The van der Waals surface area contributed by atoms with Crippen molar-refractivity contribution >= 4 is 45.2 Å². The minimum Gasteiger partial charge on any atom is -0.368 e. The molecule has 20 heavy (non-hydrogen) atoms. The van der Waals surface area contributed by atoms with Gasteiger partial charge in [0, 0.05) is 25.4 Å². The van der Waals surface area contributed by atoms with Crippen molar-refractivity contribution in [1.29, 1.82) is 0 Å². The van der Waals surface area contributed by atoms with Crippen LogP contribution >= 0.6 is 21.6 Å². The molecule has 0 aliphatic heterocycles. The molecule has 4 amide bonds. The molecule has 0 saturated carbocycles. The van der Waals surface area contributed by atoms with Crippen LogP contribution in [0.15, 0.2) is 0 Å². The van der Waals surface area contributed by atoms with Crippen LogP contribution in [0, 0.1) is 0 Å². The first-order valence-corrected chi connectivity index (χ1v) is 8.10. The van der Waals surface area contributed by atoms with Crippen LogP contribution in [0.5, 0.6) is 0 Å². The summed E-state index contributed by atoms with van der Waals surface area (Å²) in [6.07, 6.45) is 0. The first-order chi connectivity index (χ1) is 9.23. The lowest BCUT2D eigenvalue weighted by Gasteiger charge is -2.15. The van der Waals surface area contributed by atoms with Gasteiger partial charge in [0.05, 0.1) is 0 Å². The second-order valence-corrected chi connectivity index (χ2v) is 6.43. The molecule has 0 unspecified atom stereocenters. The molecule has 0 bridgehead atoms. The summed E-state index contributed by atoms with van der Waals surface area (Å²) in [6, 6.07) is -1.56. The fraction of sp³-hybridized carbons (Fsp3) is 0.600. The van der Waals surface area contributed by atoms with Crippen LogP contribution in [0.3, 0.4) is 0 Å². The van der Waals surface area contributed by atoms with Gasteiger partial charge in [-0.15, -0.1) is 0 Å². The quantitative estimate of drug-likeness (QED) is 0.295. The van der Waals surface area contributed by atoms with E-state index in [1.807, 2.05) is 0 Å². The van der Waals surface area contributed by atoms with Crippen LogP contribution < -0.4 is 22.1 Å². The maximum absolute atomic E-state index is 11.1. The minimum absolute atomic E-state index is 0.255. The zero-order chi connectivity index (χ0) is 15.7. The Hall–Kier alpha value is -1.42. The van der Waals surface area contributed by atoms with Crippen LogP contribution in [0.4, 0.5) is 0 Å². The van der Waals surface area contributed by atoms with Gasteiger partial charge in [0.15, 0.2) is 0 Å². The highest BCUT2D eigenvalue weighted by Crippen LogP contribution is 2.22. The van der Waals surface area contributed by atoms with Crippen LogP contribution in [0.2, 0.25) is 0 Å². The van der Waals surface area contributed by atoms with Crippen molar-refractivity contribution in [3.05, 3.63) is 0 Å². The summed E-state index contributed by atoms with van der Waals surface area (Å²) in [5.41, 5.74) is 10.3. The Morgan fingerprint density at radius 1 is 0.850 bits per heavy atom. The SMILES string of the molecule is CC(=O)N[C@@H](CSSC[C@H](NC(C)=O)C(N)=O)C(N)=O. The molecule has 0 saturated heterocycles. The second kappa shape index (κ2) is 9.48. The van der Waals surface area contributed by atoms with Gasteiger partial charge in [-0.05, 0) is 0 Å². The topological polar surface area (TPSA) is 144 Å². The standard InChI is InChI=1S/C10H18N4O4S2/c1-5(15)13-7(9(11)17)3-19-20-4-8(10(12)18)14-6(2)16/h7-8H,3-4H2,1-2H3,(H2,11,17)(H2,12,18)(H,13,15)(H,14,16)/t7-,8-/m0/s1. The van der Waals surface area contributed by atoms with Crippen LogP contribution in [0.1, 0.15) is 13.8 Å². The largest absolute Gasteiger partial charge is 0.368 e. The highest BCUT2D eigenvalue weighted by Gasteiger charge is 2.19. The van der Waals surface area contributed by atoms with E-state index in [0.717, 1.165) is 0 Å². The predicted molar refractivity (Wildman–Crippen MR) is 78.5 cm³/mol. The average Bonchev–Trinajstić information content (AvgIpc) is 2.29. The third kappa shape index (κ3) is 8.64. The van der Waals surface area contributed by atoms with Crippen molar-refractivity contribution in [3.63, 3.8) is 0 Å². The highest BCUT2D eigenvalue weighted by molar-refractivity contribution is 8.76. The van der Waals surface area contributed by atoms with Crippen molar-refractivity contribution in [3.8, 4) is 0 Å². The van der Waals surface area contributed by atoms with Gasteiger partial charge >= 0.3 is 0 Å². The van der Waals surface area contributed by atoms with Gasteiger partial charge in [0.25, 0.3) is 0 Å². The monoisotopic (exact) mass is 322 g/mol. The molecule has 0 spiro atoms. The maximum Gasteiger partial charge on any atom is 0.240 e. The predicted octanol–water partition coefficient (Wildman–Crippen LogP) is -1.65. The van der Waals surface area contributed by atoms with Crippen LogP contribution in [-0.2, 0) is 19.2 Å². The average molecular weight is 322 g/mol. The summed E-state index contributed by atoms with van der Waals surface area (Å²) in [4.78, 5) is 43.9. The summed E-state index contributed by atoms with van der Waals surface area (Å²) in [5, 5.41) is 4.83. The molecule has 0 radical (unpaired) electrons. The van der Waals surface area contributed by atoms with Crippen molar-refractivity contribution < 1.29 is 19.2 Å². The minimum atomic E-state index is -0.780. The molecule has 114 valence electrons. The van der Waals surface area contributed by atoms with E-state index in [0.29, 0.717) is 0 Å².